The Bertz CT molecular complexity index is 5720. The molecule has 12 heterocycles. The van der Waals surface area contributed by atoms with Gasteiger partial charge in [-0.05, 0) is 270 Å². The third-order valence-corrected chi connectivity index (χ3v) is 40.9. The van der Waals surface area contributed by atoms with Gasteiger partial charge in [-0.25, -0.2) is 0 Å². The average molecular weight is 1920 g/mol. The first-order valence-corrected chi connectivity index (χ1v) is 54.6. The summed E-state index contributed by atoms with van der Waals surface area (Å²) in [7, 11) is 0. The predicted octanol–water partition coefficient (Wildman–Crippen LogP) is 21.4. The van der Waals surface area contributed by atoms with Gasteiger partial charge in [0, 0.05) is 124 Å². The van der Waals surface area contributed by atoms with Gasteiger partial charge in [-0.3, -0.25) is 33.6 Å². The number of carbonyl (C=O) groups excluding carboxylic acids is 7. The zero-order valence-electron chi connectivity index (χ0n) is 86.6. The molecule has 12 aliphatic heterocycles. The van der Waals surface area contributed by atoms with E-state index < -0.39 is 57.4 Å². The van der Waals surface area contributed by atoms with E-state index in [1.807, 2.05) is 62.4 Å². The Hall–Kier alpha value is -9.71. The normalized spacial score (nSPS) is 46.3. The monoisotopic (exact) mass is 1920 g/mol. The largest absolute Gasteiger partial charge is 0.490 e. The molecule has 17 heteroatoms. The molecule has 14 bridgehead atoms. The van der Waals surface area contributed by atoms with Gasteiger partial charge in [0.2, 0.25) is 17.7 Å². The summed E-state index contributed by atoms with van der Waals surface area (Å²) in [5.41, 5.74) is 3.93. The van der Waals surface area contributed by atoms with Crippen molar-refractivity contribution in [2.75, 3.05) is 0 Å². The van der Waals surface area contributed by atoms with Crippen LogP contribution in [0.15, 0.2) is 219 Å². The van der Waals surface area contributed by atoms with Gasteiger partial charge in [-0.1, -0.05) is 228 Å². The minimum absolute atomic E-state index is 0.00309. The number of allylic oxidation sites excluding steroid dienone is 16. The molecule has 0 radical (unpaired) electrons. The number of hydrogen-bond donors (Lipinski definition) is 6. The van der Waals surface area contributed by atoms with Gasteiger partial charge in [0.15, 0.2) is 0 Å². The van der Waals surface area contributed by atoms with Gasteiger partial charge in [-0.2, -0.15) is 0 Å². The lowest BCUT2D eigenvalue weighted by Crippen LogP contribution is -2.50. The molecule has 142 heavy (non-hydrogen) atoms. The van der Waals surface area contributed by atoms with Crippen molar-refractivity contribution in [1.82, 2.24) is 21.3 Å². The predicted molar refractivity (Wildman–Crippen MR) is 553 cm³/mol. The molecule has 4 saturated heterocycles. The molecule has 3 amide bonds. The summed E-state index contributed by atoms with van der Waals surface area (Å²) >= 11 is 0. The molecule has 24 aliphatic rings. The minimum Gasteiger partial charge on any atom is -0.490 e. The number of Topliss-reactive ketones (excluding diaryl/α,β-unsaturated/α-hetero) is 4. The van der Waals surface area contributed by atoms with Crippen molar-refractivity contribution in [3.63, 3.8) is 0 Å². The zero-order chi connectivity index (χ0) is 100. The minimum atomic E-state index is -1.43. The number of rotatable bonds is 4. The third-order valence-electron chi connectivity index (χ3n) is 40.9. The van der Waals surface area contributed by atoms with Crippen LogP contribution in [-0.4, -0.2) is 92.5 Å². The number of benzene rings is 4. The summed E-state index contributed by atoms with van der Waals surface area (Å²) in [6.07, 6.45) is 40.8. The fourth-order valence-electron chi connectivity index (χ4n) is 36.3. The summed E-state index contributed by atoms with van der Waals surface area (Å²) in [5, 5.41) is 34.9. The molecule has 754 valence electrons. The van der Waals surface area contributed by atoms with Gasteiger partial charge in [-0.15, -0.1) is 13.2 Å². The number of nitrogens with one attached hydrogen (secondary N) is 4. The highest BCUT2D eigenvalue weighted by Gasteiger charge is 2.72. The maximum absolute atomic E-state index is 14.7. The van der Waals surface area contributed by atoms with E-state index >= 15 is 0 Å². The standard InChI is InChI=1S/C33H43NO3.C32H41NO4.C30H37NO3.C30H35NO3/c1-8-31(5)15-20(4)25-24-27(31)28(35)23-17-32(6,34-30(23)36)16-21-9-11-22(12-10-21)37-29(24)26-19(3)13-18(2)14-33(25,26)7;1-7-30(5)14-19(4)24-23-26(30)27(34)22-16-32(36,33-29(22)35)15-20-8-10-21(11-9-20)37-28(23)25-18(3)12-17(2)13-31(24,25)6;1-4-5-20-9-13-22-24-14-17(2)6-12-23(24)29-27(22)26(20)28(32)25-16-30(33,31-18(25)3)15-19-7-10-21(34-29)11-8-19;1-4-5-19-9-13-21-23-14-16(2)6-12-22(23)29-27(21)26(19)28(32)25-17(3)31-30(33)24(25)15-18-7-10-20(34-29)11-8-18/h8-12,15,18-19,23-27,29H,1,13-14,16-17H2,2-7H3,(H,34,36);7-11,14,17-18,22-26,28,36H,1,12-13,15-16H2,2-6H3,(H,33,35);4-5,7-11,13,17,20,22-27,29,31,33H,3,6,12,14-16H2,1-2H3;4-5,7-11,13,16,19,21-27,29H,3,6,12,14-15H2,1-2H3,(H,31,33)/b;;2*5-4-/t18-,19+,23+,24+,25-,26+,27?,29+,31+,32+,33+;17-,18+,22+,23+,24-,25+,26?,28+,30+,31+,32-;17-,20+,22+,23-,24+,25-,26+,27+,29+,30-;16-,19+,21+,22-,23+,24+,25-,26+,27+,29+/m1111/s1. The quantitative estimate of drug-likeness (QED) is 0.0822. The SMILES string of the molecule is C=C1NC(=O)[C@H]2Cc3ccc(cc3)O[C@H]3[C@@H]4CC[C@@H](C)C[C@H]4[C@@H]4C=C[C@H](/C=C\C)[C@H](C(=O)[C@H]12)[C@H]43.C=C1N[C@@]2(O)Cc3ccc(cc3)O[C@H]3[C@@H]4CC[C@@H](C)C[C@H]4[C@@H]4C=C[C@H](/C=C\C)[C@H](C(=O)[C@@H]1C2)[C@H]43.C=C[C@@]1(C)C=C(C)[C@@H]2[C@H]3C1C(=O)[C@@H]1C[C@](C)(Cc4ccc(cc4)O[C@@H]3[C@@H]3[C@@H](C)C[C@@H](C)C[C@]32C)NC1=O.C=C[C@@]1(C)C=C(C)[C@@H]2[C@H]3C1C(=O)[C@@H]1C[C@](O)(Cc4ccc(cc4)O[C@@H]3[C@@H]3[C@@H](C)C[C@@H](C)C[C@]32C)NC1=O. The van der Waals surface area contributed by atoms with Gasteiger partial charge in [0.25, 0.3) is 0 Å². The Morgan fingerprint density at radius 2 is 0.803 bits per heavy atom. The van der Waals surface area contributed by atoms with Crippen LogP contribution in [0.2, 0.25) is 0 Å². The van der Waals surface area contributed by atoms with E-state index in [1.165, 1.54) is 49.7 Å². The molecule has 4 aromatic rings. The molecule has 17 nitrogen and oxygen atoms in total. The summed E-state index contributed by atoms with van der Waals surface area (Å²) < 4.78 is 27.7. The fourth-order valence-corrected chi connectivity index (χ4v) is 36.3. The lowest BCUT2D eigenvalue weighted by Gasteiger charge is -2.50. The summed E-state index contributed by atoms with van der Waals surface area (Å²) in [4.78, 5) is 97.8. The van der Waals surface area contributed by atoms with Crippen LogP contribution in [0.3, 0.4) is 0 Å². The van der Waals surface area contributed by atoms with E-state index in [-0.39, 0.29) is 160 Å². The van der Waals surface area contributed by atoms with Crippen LogP contribution in [-0.2, 0) is 59.2 Å². The summed E-state index contributed by atoms with van der Waals surface area (Å²) in [6, 6.07) is 32.8. The first kappa shape index (κ1) is 98.3. The number of hydrogen-bond acceptors (Lipinski definition) is 14. The lowest BCUT2D eigenvalue weighted by molar-refractivity contribution is -0.140. The molecule has 12 fully saturated rings. The van der Waals surface area contributed by atoms with E-state index in [1.54, 1.807) is 0 Å². The third kappa shape index (κ3) is 16.5. The maximum atomic E-state index is 14.7. The molecular weight excluding hydrogens is 1770 g/mol. The number of carbonyl (C=O) groups is 7. The van der Waals surface area contributed by atoms with E-state index in [9.17, 15) is 43.8 Å². The summed E-state index contributed by atoms with van der Waals surface area (Å²) in [6.45, 7) is 50.7. The van der Waals surface area contributed by atoms with Crippen LogP contribution < -0.4 is 40.2 Å². The summed E-state index contributed by atoms with van der Waals surface area (Å²) in [5.74, 6) is 7.04. The van der Waals surface area contributed by atoms with Crippen LogP contribution in [0.1, 0.15) is 210 Å². The van der Waals surface area contributed by atoms with Crippen molar-refractivity contribution >= 4 is 40.9 Å². The first-order chi connectivity index (χ1) is 67.6. The van der Waals surface area contributed by atoms with Gasteiger partial charge in [0.05, 0.1) is 23.7 Å². The Morgan fingerprint density at radius 1 is 0.401 bits per heavy atom. The van der Waals surface area contributed by atoms with Crippen molar-refractivity contribution in [1.29, 1.82) is 0 Å². The molecular formula is C125H156N4O13. The molecule has 42 atom stereocenters. The molecule has 2 unspecified atom stereocenters. The van der Waals surface area contributed by atoms with Gasteiger partial charge >= 0.3 is 0 Å². The molecule has 8 saturated carbocycles. The van der Waals surface area contributed by atoms with Crippen LogP contribution in [0.25, 0.3) is 0 Å². The van der Waals surface area contributed by atoms with Crippen molar-refractivity contribution in [3.8, 4) is 23.0 Å². The second-order valence-electron chi connectivity index (χ2n) is 50.8. The molecule has 0 aromatic heterocycles. The smallest absolute Gasteiger partial charge is 0.232 e. The topological polar surface area (TPSA) is 245 Å². The van der Waals surface area contributed by atoms with E-state index in [0.717, 1.165) is 76.9 Å². The van der Waals surface area contributed by atoms with Crippen molar-refractivity contribution in [2.24, 2.45) is 205 Å². The number of ketones is 4. The number of fused-ring (bicyclic) bond motifs is 16. The number of amides is 3. The maximum Gasteiger partial charge on any atom is 0.232 e. The first-order valence-electron chi connectivity index (χ1n) is 54.6. The molecule has 6 N–H and O–H groups in total. The Labute approximate surface area is 843 Å². The van der Waals surface area contributed by atoms with Crippen LogP contribution >= 0.6 is 0 Å². The molecule has 0 spiro atoms. The van der Waals surface area contributed by atoms with Crippen molar-refractivity contribution < 1.29 is 62.7 Å². The Kier molecular flexibility index (Phi) is 25.2. The fraction of sp³-hybridized carbons (Fsp3) is 0.592. The highest BCUT2D eigenvalue weighted by molar-refractivity contribution is 6.06. The Balaban J connectivity index is 0.000000112. The van der Waals surface area contributed by atoms with Crippen LogP contribution in [0, 0.1) is 205 Å². The van der Waals surface area contributed by atoms with Crippen LogP contribution in [0.4, 0.5) is 0 Å². The molecule has 28 rings (SSSR count). The molecule has 4 aromatic carbocycles. The van der Waals surface area contributed by atoms with Gasteiger partial charge in [0.1, 0.15) is 87.9 Å². The van der Waals surface area contributed by atoms with Crippen LogP contribution in [0.5, 0.6) is 23.0 Å². The van der Waals surface area contributed by atoms with Crippen molar-refractivity contribution in [2.45, 2.75) is 254 Å². The number of aliphatic hydroxyl groups is 2. The highest BCUT2D eigenvalue weighted by Crippen LogP contribution is 2.72. The highest BCUT2D eigenvalue weighted by atomic mass is 16.5. The second-order valence-corrected chi connectivity index (χ2v) is 50.8. The zero-order valence-corrected chi connectivity index (χ0v) is 86.6. The van der Waals surface area contributed by atoms with E-state index in [2.05, 4.69) is 259 Å². The van der Waals surface area contributed by atoms with E-state index in [0.29, 0.717) is 120 Å². The molecule has 12 aliphatic carbocycles. The van der Waals surface area contributed by atoms with E-state index in [4.69, 9.17) is 18.9 Å². The average Bonchev–Trinajstić information content (AvgIpc) is 1.53. The lowest BCUT2D eigenvalue weighted by atomic mass is 9.53. The van der Waals surface area contributed by atoms with Crippen molar-refractivity contribution in [3.05, 3.63) is 241 Å². The second kappa shape index (κ2) is 36.4. The Morgan fingerprint density at radius 3 is 1.25 bits per heavy atom. The number of ether oxygens (including phenoxy) is 4. The van der Waals surface area contributed by atoms with Gasteiger partial charge < -0.3 is 50.4 Å².